The molecule has 0 unspecified atom stereocenters. The fraction of sp³-hybridized carbons (Fsp3) is 0.385. The van der Waals surface area contributed by atoms with Crippen molar-refractivity contribution in [2.24, 2.45) is 11.1 Å². The lowest BCUT2D eigenvalue weighted by Gasteiger charge is -2.22. The number of carbonyl (C=O) groups is 2. The minimum atomic E-state index is -0.476. The van der Waals surface area contributed by atoms with E-state index in [-0.39, 0.29) is 5.91 Å². The first-order chi connectivity index (χ1) is 8.36. The highest BCUT2D eigenvalue weighted by molar-refractivity contribution is 7.98. The monoisotopic (exact) mass is 266 g/mol. The molecule has 1 rings (SSSR count). The Bertz CT molecular complexity index is 441. The third-order valence-corrected chi connectivity index (χ3v) is 3.56. The van der Waals surface area contributed by atoms with Gasteiger partial charge < -0.3 is 11.1 Å². The molecule has 0 aliphatic rings. The van der Waals surface area contributed by atoms with Gasteiger partial charge in [-0.1, -0.05) is 13.8 Å². The molecule has 0 aliphatic heterocycles. The fourth-order valence-corrected chi connectivity index (χ4v) is 2.30. The lowest BCUT2D eigenvalue weighted by atomic mass is 9.95. The number of hydrogen-bond acceptors (Lipinski definition) is 3. The maximum absolute atomic E-state index is 12.0. The molecule has 0 saturated carbocycles. The third-order valence-electron chi connectivity index (χ3n) is 2.55. The van der Waals surface area contributed by atoms with E-state index in [1.54, 1.807) is 36.0 Å². The standard InChI is InChI=1S/C13H18N2O2S/c1-13(2,8-18-3)12(17)15-10-6-4-9(5-7-10)11(14)16/h4-7H,8H2,1-3H3,(H2,14,16)(H,15,17). The summed E-state index contributed by atoms with van der Waals surface area (Å²) in [4.78, 5) is 22.9. The van der Waals surface area contributed by atoms with E-state index in [0.717, 1.165) is 5.75 Å². The maximum atomic E-state index is 12.0. The van der Waals surface area contributed by atoms with Gasteiger partial charge >= 0.3 is 0 Å². The van der Waals surface area contributed by atoms with Gasteiger partial charge in [0, 0.05) is 17.0 Å². The highest BCUT2D eigenvalue weighted by Crippen LogP contribution is 2.22. The van der Waals surface area contributed by atoms with Crippen LogP contribution < -0.4 is 11.1 Å². The summed E-state index contributed by atoms with van der Waals surface area (Å²) in [5.74, 6) is 0.234. The molecule has 4 nitrogen and oxygen atoms in total. The Kier molecular flexibility index (Phi) is 4.78. The van der Waals surface area contributed by atoms with Crippen LogP contribution in [0, 0.1) is 5.41 Å². The van der Waals surface area contributed by atoms with E-state index in [1.165, 1.54) is 0 Å². The molecule has 3 N–H and O–H groups in total. The van der Waals surface area contributed by atoms with E-state index < -0.39 is 11.3 Å². The molecule has 1 aromatic rings. The highest BCUT2D eigenvalue weighted by Gasteiger charge is 2.26. The van der Waals surface area contributed by atoms with Gasteiger partial charge in [-0.15, -0.1) is 0 Å². The number of amides is 2. The van der Waals surface area contributed by atoms with Crippen molar-refractivity contribution in [3.8, 4) is 0 Å². The van der Waals surface area contributed by atoms with E-state index in [9.17, 15) is 9.59 Å². The fourth-order valence-electron chi connectivity index (χ4n) is 1.44. The Morgan fingerprint density at radius 3 is 2.28 bits per heavy atom. The van der Waals surface area contributed by atoms with Gasteiger partial charge in [-0.3, -0.25) is 9.59 Å². The summed E-state index contributed by atoms with van der Waals surface area (Å²) in [7, 11) is 0. The Morgan fingerprint density at radius 1 is 1.28 bits per heavy atom. The molecule has 0 atom stereocenters. The van der Waals surface area contributed by atoms with Crippen molar-refractivity contribution in [3.63, 3.8) is 0 Å². The number of carbonyl (C=O) groups excluding carboxylic acids is 2. The molecule has 18 heavy (non-hydrogen) atoms. The highest BCUT2D eigenvalue weighted by atomic mass is 32.2. The molecule has 0 fully saturated rings. The zero-order valence-electron chi connectivity index (χ0n) is 10.8. The van der Waals surface area contributed by atoms with Crippen LogP contribution in [0.4, 0.5) is 5.69 Å². The van der Waals surface area contributed by atoms with Crippen molar-refractivity contribution in [1.29, 1.82) is 0 Å². The minimum absolute atomic E-state index is 0.0383. The topological polar surface area (TPSA) is 72.2 Å². The maximum Gasteiger partial charge on any atom is 0.248 e. The van der Waals surface area contributed by atoms with Gasteiger partial charge in [-0.05, 0) is 30.5 Å². The van der Waals surface area contributed by atoms with Crippen LogP contribution in [0.15, 0.2) is 24.3 Å². The van der Waals surface area contributed by atoms with Crippen molar-refractivity contribution >= 4 is 29.3 Å². The number of anilines is 1. The van der Waals surface area contributed by atoms with Crippen LogP contribution in [0.3, 0.4) is 0 Å². The summed E-state index contributed by atoms with van der Waals surface area (Å²) >= 11 is 1.63. The molecule has 1 aromatic carbocycles. The molecule has 0 bridgehead atoms. The first kappa shape index (κ1) is 14.6. The lowest BCUT2D eigenvalue weighted by molar-refractivity contribution is -0.122. The number of thioether (sulfide) groups is 1. The molecule has 0 aliphatic carbocycles. The van der Waals surface area contributed by atoms with Crippen LogP contribution in [-0.2, 0) is 4.79 Å². The van der Waals surface area contributed by atoms with Crippen molar-refractivity contribution in [3.05, 3.63) is 29.8 Å². The van der Waals surface area contributed by atoms with E-state index >= 15 is 0 Å². The average Bonchev–Trinajstić information content (AvgIpc) is 2.29. The van der Waals surface area contributed by atoms with E-state index in [2.05, 4.69) is 5.32 Å². The summed E-state index contributed by atoms with van der Waals surface area (Å²) in [6, 6.07) is 6.54. The predicted molar refractivity (Wildman–Crippen MR) is 75.8 cm³/mol. The van der Waals surface area contributed by atoms with Crippen molar-refractivity contribution in [1.82, 2.24) is 0 Å². The predicted octanol–water partition coefficient (Wildman–Crippen LogP) is 2.11. The van der Waals surface area contributed by atoms with Crippen LogP contribution in [0.5, 0.6) is 0 Å². The number of rotatable bonds is 5. The average molecular weight is 266 g/mol. The molecule has 0 radical (unpaired) electrons. The molecule has 0 heterocycles. The molecule has 2 amide bonds. The molecule has 0 spiro atoms. The molecule has 5 heteroatoms. The van der Waals surface area contributed by atoms with Crippen LogP contribution in [-0.4, -0.2) is 23.8 Å². The van der Waals surface area contributed by atoms with Crippen LogP contribution >= 0.6 is 11.8 Å². The Labute approximate surface area is 111 Å². The quantitative estimate of drug-likeness (QED) is 0.857. The number of primary amides is 1. The SMILES string of the molecule is CSCC(C)(C)C(=O)Nc1ccc(C(N)=O)cc1. The second-order valence-electron chi connectivity index (χ2n) is 4.71. The summed E-state index contributed by atoms with van der Waals surface area (Å²) in [6.45, 7) is 3.80. The molecule has 0 aromatic heterocycles. The minimum Gasteiger partial charge on any atom is -0.366 e. The summed E-state index contributed by atoms with van der Waals surface area (Å²) in [5, 5.41) is 2.83. The molecule has 0 saturated heterocycles. The van der Waals surface area contributed by atoms with E-state index in [4.69, 9.17) is 5.73 Å². The van der Waals surface area contributed by atoms with Gasteiger partial charge in [0.1, 0.15) is 0 Å². The number of nitrogens with two attached hydrogens (primary N) is 1. The van der Waals surface area contributed by atoms with Crippen LogP contribution in [0.1, 0.15) is 24.2 Å². The van der Waals surface area contributed by atoms with Crippen LogP contribution in [0.2, 0.25) is 0 Å². The van der Waals surface area contributed by atoms with Gasteiger partial charge in [0.05, 0.1) is 5.41 Å². The van der Waals surface area contributed by atoms with E-state index in [0.29, 0.717) is 11.3 Å². The first-order valence-corrected chi connectivity index (χ1v) is 6.96. The van der Waals surface area contributed by atoms with Crippen molar-refractivity contribution in [2.45, 2.75) is 13.8 Å². The van der Waals surface area contributed by atoms with Gasteiger partial charge in [-0.2, -0.15) is 11.8 Å². The zero-order valence-corrected chi connectivity index (χ0v) is 11.6. The number of hydrogen-bond donors (Lipinski definition) is 2. The molecule has 98 valence electrons. The van der Waals surface area contributed by atoms with Gasteiger partial charge in [-0.25, -0.2) is 0 Å². The largest absolute Gasteiger partial charge is 0.366 e. The lowest BCUT2D eigenvalue weighted by Crippen LogP contribution is -2.32. The molecular formula is C13H18N2O2S. The second kappa shape index (κ2) is 5.91. The summed E-state index contributed by atoms with van der Waals surface area (Å²) < 4.78 is 0. The van der Waals surface area contributed by atoms with Crippen molar-refractivity contribution in [2.75, 3.05) is 17.3 Å². The third kappa shape index (κ3) is 3.77. The van der Waals surface area contributed by atoms with Crippen molar-refractivity contribution < 1.29 is 9.59 Å². The summed E-state index contributed by atoms with van der Waals surface area (Å²) in [5.41, 5.74) is 5.81. The normalized spacial score (nSPS) is 11.1. The second-order valence-corrected chi connectivity index (χ2v) is 5.58. The van der Waals surface area contributed by atoms with Gasteiger partial charge in [0.15, 0.2) is 0 Å². The van der Waals surface area contributed by atoms with Crippen LogP contribution in [0.25, 0.3) is 0 Å². The first-order valence-electron chi connectivity index (χ1n) is 5.57. The Morgan fingerprint density at radius 2 is 1.83 bits per heavy atom. The Balaban J connectivity index is 2.73. The zero-order chi connectivity index (χ0) is 13.8. The van der Waals surface area contributed by atoms with Gasteiger partial charge in [0.2, 0.25) is 11.8 Å². The Hall–Kier alpha value is -1.49. The van der Waals surface area contributed by atoms with Gasteiger partial charge in [0.25, 0.3) is 0 Å². The summed E-state index contributed by atoms with van der Waals surface area (Å²) in [6.07, 6.45) is 1.97. The van der Waals surface area contributed by atoms with E-state index in [1.807, 2.05) is 20.1 Å². The molecular weight excluding hydrogens is 248 g/mol. The number of nitrogens with one attached hydrogen (secondary N) is 1. The smallest absolute Gasteiger partial charge is 0.248 e. The number of benzene rings is 1.